The SMILES string of the molecule is CCCCCc1ccc(-c2ccc(C(F)(F)Oc3ccc(-c4cc(F)c(-c5ccc(C#N)c(F)c5)c(F)c4)c(F)c3)c(F)c2)cc1. The van der Waals surface area contributed by atoms with Crippen LogP contribution < -0.4 is 4.74 Å². The van der Waals surface area contributed by atoms with Crippen molar-refractivity contribution in [3.63, 3.8) is 0 Å². The number of rotatable bonds is 10. The maximum Gasteiger partial charge on any atom is 0.429 e. The van der Waals surface area contributed by atoms with Gasteiger partial charge in [0.1, 0.15) is 40.9 Å². The van der Waals surface area contributed by atoms with Crippen LogP contribution in [-0.2, 0) is 12.5 Å². The summed E-state index contributed by atoms with van der Waals surface area (Å²) >= 11 is 0. The number of hydrogen-bond donors (Lipinski definition) is 0. The molecule has 0 spiro atoms. The Bertz CT molecular complexity index is 1910. The molecule has 0 heterocycles. The average Bonchev–Trinajstić information content (AvgIpc) is 3.01. The smallest absolute Gasteiger partial charge is 0.429 e. The van der Waals surface area contributed by atoms with Gasteiger partial charge in [-0.2, -0.15) is 14.0 Å². The summed E-state index contributed by atoms with van der Waals surface area (Å²) < 4.78 is 109. The van der Waals surface area contributed by atoms with Crippen molar-refractivity contribution in [2.24, 2.45) is 0 Å². The van der Waals surface area contributed by atoms with E-state index in [1.165, 1.54) is 12.1 Å². The van der Waals surface area contributed by atoms with E-state index in [9.17, 15) is 17.6 Å². The molecule has 5 rings (SSSR count). The topological polar surface area (TPSA) is 33.0 Å². The molecule has 0 aliphatic carbocycles. The second kappa shape index (κ2) is 13.5. The number of aryl methyl sites for hydroxylation is 1. The molecule has 0 fully saturated rings. The Balaban J connectivity index is 1.34. The summed E-state index contributed by atoms with van der Waals surface area (Å²) in [5.74, 6) is -6.28. The molecule has 0 N–H and O–H groups in total. The van der Waals surface area contributed by atoms with Gasteiger partial charge in [-0.25, -0.2) is 22.0 Å². The van der Waals surface area contributed by atoms with E-state index in [0.717, 1.165) is 79.8 Å². The first kappa shape index (κ1) is 32.3. The molecule has 0 atom stereocenters. The quantitative estimate of drug-likeness (QED) is 0.113. The van der Waals surface area contributed by atoms with Crippen molar-refractivity contribution in [2.75, 3.05) is 0 Å². The van der Waals surface area contributed by atoms with Crippen LogP contribution in [0.3, 0.4) is 0 Å². The predicted molar refractivity (Wildman–Crippen MR) is 161 cm³/mol. The molecule has 2 nitrogen and oxygen atoms in total. The third kappa shape index (κ3) is 6.91. The van der Waals surface area contributed by atoms with Crippen LogP contribution in [0.2, 0.25) is 0 Å². The standard InChI is InChI=1S/C37H26F7NO/c1-2-3-4-5-22-6-8-23(9-7-22)24-12-15-30(33(40)16-24)37(43,44)46-28-13-14-29(32(39)20-28)27-18-34(41)36(35(42)19-27)25-10-11-26(21-45)31(38)17-25/h6-20H,2-5H2,1H3. The summed E-state index contributed by atoms with van der Waals surface area (Å²) in [4.78, 5) is 0. The summed E-state index contributed by atoms with van der Waals surface area (Å²) in [5, 5.41) is 8.87. The van der Waals surface area contributed by atoms with Crippen LogP contribution in [0.1, 0.15) is 42.9 Å². The van der Waals surface area contributed by atoms with Gasteiger partial charge in [0.2, 0.25) is 0 Å². The second-order valence-corrected chi connectivity index (χ2v) is 10.7. The molecular weight excluding hydrogens is 607 g/mol. The lowest BCUT2D eigenvalue weighted by atomic mass is 9.97. The Hall–Kier alpha value is -5.10. The zero-order valence-corrected chi connectivity index (χ0v) is 24.5. The molecule has 46 heavy (non-hydrogen) atoms. The Kier molecular flexibility index (Phi) is 9.47. The van der Waals surface area contributed by atoms with Gasteiger partial charge in [-0.15, -0.1) is 0 Å². The highest BCUT2D eigenvalue weighted by molar-refractivity contribution is 5.73. The van der Waals surface area contributed by atoms with E-state index in [-0.39, 0.29) is 22.3 Å². The van der Waals surface area contributed by atoms with Crippen molar-refractivity contribution in [3.05, 3.63) is 137 Å². The monoisotopic (exact) mass is 633 g/mol. The Labute approximate surface area is 261 Å². The molecule has 0 saturated heterocycles. The summed E-state index contributed by atoms with van der Waals surface area (Å²) in [7, 11) is 0. The van der Waals surface area contributed by atoms with Crippen LogP contribution in [0.5, 0.6) is 5.75 Å². The van der Waals surface area contributed by atoms with E-state index >= 15 is 13.2 Å². The molecule has 0 aliphatic rings. The van der Waals surface area contributed by atoms with Crippen LogP contribution in [0.4, 0.5) is 30.7 Å². The predicted octanol–water partition coefficient (Wildman–Crippen LogP) is 11.1. The minimum Gasteiger partial charge on any atom is -0.429 e. The Morgan fingerprint density at radius 1 is 0.630 bits per heavy atom. The van der Waals surface area contributed by atoms with Gasteiger partial charge in [-0.3, -0.25) is 0 Å². The van der Waals surface area contributed by atoms with Gasteiger partial charge in [0.15, 0.2) is 0 Å². The third-order valence-corrected chi connectivity index (χ3v) is 7.56. The van der Waals surface area contributed by atoms with Gasteiger partial charge in [0, 0.05) is 11.6 Å². The van der Waals surface area contributed by atoms with Crippen molar-refractivity contribution in [1.29, 1.82) is 5.26 Å². The number of unbranched alkanes of at least 4 members (excludes halogenated alkanes) is 2. The minimum absolute atomic E-state index is 0.180. The van der Waals surface area contributed by atoms with E-state index in [1.54, 1.807) is 18.2 Å². The molecule has 0 unspecified atom stereocenters. The fourth-order valence-electron chi connectivity index (χ4n) is 5.14. The summed E-state index contributed by atoms with van der Waals surface area (Å²) in [6.45, 7) is 2.12. The van der Waals surface area contributed by atoms with Gasteiger partial charge < -0.3 is 4.74 Å². The average molecular weight is 634 g/mol. The van der Waals surface area contributed by atoms with Crippen LogP contribution >= 0.6 is 0 Å². The molecule has 0 aliphatic heterocycles. The number of alkyl halides is 2. The zero-order valence-electron chi connectivity index (χ0n) is 24.5. The first-order valence-corrected chi connectivity index (χ1v) is 14.5. The van der Waals surface area contributed by atoms with Crippen molar-refractivity contribution in [1.82, 2.24) is 0 Å². The van der Waals surface area contributed by atoms with Gasteiger partial charge in [0.25, 0.3) is 0 Å². The largest absolute Gasteiger partial charge is 0.429 e. The maximum atomic E-state index is 15.1. The first-order valence-electron chi connectivity index (χ1n) is 14.5. The molecule has 5 aromatic carbocycles. The minimum atomic E-state index is -4.18. The molecule has 234 valence electrons. The van der Waals surface area contributed by atoms with Crippen LogP contribution in [0, 0.1) is 40.4 Å². The van der Waals surface area contributed by atoms with Crippen molar-refractivity contribution in [2.45, 2.75) is 38.7 Å². The molecule has 0 saturated carbocycles. The van der Waals surface area contributed by atoms with Crippen LogP contribution in [-0.4, -0.2) is 0 Å². The highest BCUT2D eigenvalue weighted by Gasteiger charge is 2.38. The number of benzene rings is 5. The van der Waals surface area contributed by atoms with E-state index < -0.39 is 52.1 Å². The van der Waals surface area contributed by atoms with Crippen LogP contribution in [0.15, 0.2) is 91.0 Å². The van der Waals surface area contributed by atoms with Crippen molar-refractivity contribution >= 4 is 0 Å². The number of ether oxygens (including phenoxy) is 1. The van der Waals surface area contributed by atoms with E-state index in [4.69, 9.17) is 5.26 Å². The van der Waals surface area contributed by atoms with Gasteiger partial charge in [-0.1, -0.05) is 56.2 Å². The molecule has 0 bridgehead atoms. The number of halogens is 7. The lowest BCUT2D eigenvalue weighted by molar-refractivity contribution is -0.187. The highest BCUT2D eigenvalue weighted by Crippen LogP contribution is 2.38. The lowest BCUT2D eigenvalue weighted by Gasteiger charge is -2.20. The molecule has 0 radical (unpaired) electrons. The van der Waals surface area contributed by atoms with Crippen LogP contribution in [0.25, 0.3) is 33.4 Å². The van der Waals surface area contributed by atoms with E-state index in [2.05, 4.69) is 11.7 Å². The molecule has 9 heteroatoms. The first-order chi connectivity index (χ1) is 22.0. The fourth-order valence-corrected chi connectivity index (χ4v) is 5.14. The zero-order chi connectivity index (χ0) is 33.0. The molecule has 0 aromatic heterocycles. The van der Waals surface area contributed by atoms with E-state index in [0.29, 0.717) is 17.2 Å². The summed E-state index contributed by atoms with van der Waals surface area (Å²) in [6, 6.07) is 19.4. The van der Waals surface area contributed by atoms with Crippen molar-refractivity contribution < 1.29 is 35.5 Å². The summed E-state index contributed by atoms with van der Waals surface area (Å²) in [5.41, 5.74) is -0.582. The Morgan fingerprint density at radius 3 is 1.87 bits per heavy atom. The van der Waals surface area contributed by atoms with Gasteiger partial charge in [0.05, 0.1) is 16.7 Å². The number of nitrogens with zero attached hydrogens (tertiary/aromatic N) is 1. The number of nitriles is 1. The highest BCUT2D eigenvalue weighted by atomic mass is 19.3. The normalized spacial score (nSPS) is 11.4. The molecule has 5 aromatic rings. The van der Waals surface area contributed by atoms with E-state index in [1.807, 2.05) is 12.1 Å². The van der Waals surface area contributed by atoms with Crippen molar-refractivity contribution in [3.8, 4) is 45.2 Å². The fraction of sp³-hybridized carbons (Fsp3) is 0.162. The number of hydrogen-bond acceptors (Lipinski definition) is 2. The summed E-state index contributed by atoms with van der Waals surface area (Å²) in [6.07, 6.45) is -0.00958. The Morgan fingerprint density at radius 2 is 1.26 bits per heavy atom. The van der Waals surface area contributed by atoms with Gasteiger partial charge >= 0.3 is 6.11 Å². The molecule has 0 amide bonds. The lowest BCUT2D eigenvalue weighted by Crippen LogP contribution is -2.23. The maximum absolute atomic E-state index is 15.1. The molecular formula is C37H26F7NO. The van der Waals surface area contributed by atoms with Gasteiger partial charge in [-0.05, 0) is 89.2 Å². The third-order valence-electron chi connectivity index (χ3n) is 7.56. The second-order valence-electron chi connectivity index (χ2n) is 10.7.